The van der Waals surface area contributed by atoms with Crippen molar-refractivity contribution in [2.45, 2.75) is 72.6 Å². The van der Waals surface area contributed by atoms with Gasteiger partial charge in [0.05, 0.1) is 0 Å². The van der Waals surface area contributed by atoms with Gasteiger partial charge >= 0.3 is 147 Å². The van der Waals surface area contributed by atoms with Crippen molar-refractivity contribution in [1.29, 1.82) is 0 Å². The third-order valence-electron chi connectivity index (χ3n) is 4.92. The molecule has 1 aromatic carbocycles. The number of hydrogen-bond acceptors (Lipinski definition) is 2. The summed E-state index contributed by atoms with van der Waals surface area (Å²) in [4.78, 5) is 11.9. The second-order valence-electron chi connectivity index (χ2n) is 6.66. The average Bonchev–Trinajstić information content (AvgIpc) is 2.61. The molecule has 130 valence electrons. The number of esters is 1. The van der Waals surface area contributed by atoms with Crippen LogP contribution in [0.15, 0.2) is 24.3 Å². The fourth-order valence-electron chi connectivity index (χ4n) is 3.45. The van der Waals surface area contributed by atoms with E-state index in [9.17, 15) is 4.79 Å². The summed E-state index contributed by atoms with van der Waals surface area (Å²) in [7, 11) is 1.47. The summed E-state index contributed by atoms with van der Waals surface area (Å²) in [5.74, 6) is -0.200. The molecule has 0 amide bonds. The summed E-state index contributed by atoms with van der Waals surface area (Å²) in [6.07, 6.45) is 7.83. The van der Waals surface area contributed by atoms with Crippen LogP contribution in [-0.2, 0) is 4.74 Å². The van der Waals surface area contributed by atoms with Gasteiger partial charge in [0.1, 0.15) is 0 Å². The van der Waals surface area contributed by atoms with Crippen LogP contribution in [0.5, 0.6) is 0 Å². The van der Waals surface area contributed by atoms with E-state index in [-0.39, 0.29) is 5.97 Å². The first-order valence-corrected chi connectivity index (χ1v) is 16.8. The first kappa shape index (κ1) is 20.5. The van der Waals surface area contributed by atoms with Gasteiger partial charge in [-0.2, -0.15) is 0 Å². The zero-order chi connectivity index (χ0) is 17.1. The first-order valence-electron chi connectivity index (χ1n) is 9.32. The monoisotopic (exact) mass is 426 g/mol. The van der Waals surface area contributed by atoms with Crippen LogP contribution in [0.4, 0.5) is 0 Å². The van der Waals surface area contributed by atoms with Gasteiger partial charge in [0.2, 0.25) is 0 Å². The summed E-state index contributed by atoms with van der Waals surface area (Å²) < 4.78 is 10.8. The van der Waals surface area contributed by atoms with Crippen molar-refractivity contribution in [3.8, 4) is 0 Å². The van der Waals surface area contributed by atoms with Gasteiger partial charge in [0, 0.05) is 0 Å². The topological polar surface area (TPSA) is 26.3 Å². The Kier molecular flexibility index (Phi) is 9.92. The van der Waals surface area contributed by atoms with Crippen LogP contribution in [-0.4, -0.2) is 31.5 Å². The number of unbranched alkanes of at least 4 members (excludes halogenated alkanes) is 3. The van der Waals surface area contributed by atoms with Crippen LogP contribution in [0, 0.1) is 0 Å². The number of hydrogen-bond donors (Lipinski definition) is 0. The average molecular weight is 425 g/mol. The van der Waals surface area contributed by atoms with Crippen LogP contribution >= 0.6 is 0 Å². The molecule has 0 heterocycles. The van der Waals surface area contributed by atoms with Gasteiger partial charge in [0.15, 0.2) is 0 Å². The Bertz CT molecular complexity index is 449. The van der Waals surface area contributed by atoms with Crippen molar-refractivity contribution in [2.75, 3.05) is 7.11 Å². The molecule has 0 aliphatic heterocycles. The minimum absolute atomic E-state index is 0.200. The molecule has 0 N–H and O–H groups in total. The zero-order valence-electron chi connectivity index (χ0n) is 15.5. The molecule has 0 atom stereocenters. The van der Waals surface area contributed by atoms with Crippen molar-refractivity contribution in [3.05, 3.63) is 29.8 Å². The standard InChI is InChI=1S/C8H7O2.3C4H9.Sn/c1-10-8(9)7-5-3-2-4-6-7;3*1-3-4-2;/h2-3,5-6H,1H3;3*1,3-4H2,2H3;. The summed E-state index contributed by atoms with van der Waals surface area (Å²) in [5.41, 5.74) is 0.732. The van der Waals surface area contributed by atoms with Crippen molar-refractivity contribution in [3.63, 3.8) is 0 Å². The molecule has 0 saturated heterocycles. The molecule has 0 aliphatic carbocycles. The van der Waals surface area contributed by atoms with E-state index < -0.39 is 18.4 Å². The van der Waals surface area contributed by atoms with Crippen molar-refractivity contribution in [1.82, 2.24) is 0 Å². The third kappa shape index (κ3) is 6.13. The number of carbonyl (C=O) groups is 1. The third-order valence-corrected chi connectivity index (χ3v) is 20.5. The Morgan fingerprint density at radius 3 is 1.91 bits per heavy atom. The summed E-state index contributed by atoms with van der Waals surface area (Å²) >= 11 is -2.43. The van der Waals surface area contributed by atoms with E-state index >= 15 is 0 Å². The van der Waals surface area contributed by atoms with Crippen molar-refractivity contribution < 1.29 is 9.53 Å². The number of carbonyl (C=O) groups excluding carboxylic acids is 1. The van der Waals surface area contributed by atoms with Crippen LogP contribution in [0.25, 0.3) is 0 Å². The summed E-state index contributed by atoms with van der Waals surface area (Å²) in [6, 6.07) is 8.44. The zero-order valence-corrected chi connectivity index (χ0v) is 18.3. The van der Waals surface area contributed by atoms with Gasteiger partial charge in [-0.15, -0.1) is 0 Å². The maximum atomic E-state index is 11.9. The molecule has 1 aromatic rings. The molecule has 0 unspecified atom stereocenters. The summed E-state index contributed by atoms with van der Waals surface area (Å²) in [6.45, 7) is 6.88. The minimum atomic E-state index is -2.43. The van der Waals surface area contributed by atoms with Crippen molar-refractivity contribution in [2.24, 2.45) is 0 Å². The van der Waals surface area contributed by atoms with Gasteiger partial charge in [-0.3, -0.25) is 0 Å². The summed E-state index contributed by atoms with van der Waals surface area (Å²) in [5, 5.41) is 0. The molecule has 0 bridgehead atoms. The van der Waals surface area contributed by atoms with Crippen LogP contribution < -0.4 is 3.58 Å². The molecule has 0 aliphatic rings. The maximum absolute atomic E-state index is 11.9. The molecule has 3 heteroatoms. The van der Waals surface area contributed by atoms with Gasteiger partial charge < -0.3 is 0 Å². The molecule has 2 nitrogen and oxygen atoms in total. The second kappa shape index (κ2) is 11.1. The van der Waals surface area contributed by atoms with Gasteiger partial charge in [-0.05, 0) is 0 Å². The van der Waals surface area contributed by atoms with E-state index in [1.165, 1.54) is 62.5 Å². The molecule has 0 spiro atoms. The Morgan fingerprint density at radius 1 is 0.957 bits per heavy atom. The van der Waals surface area contributed by atoms with E-state index in [1.807, 2.05) is 6.07 Å². The quantitative estimate of drug-likeness (QED) is 0.344. The van der Waals surface area contributed by atoms with E-state index in [0.29, 0.717) is 0 Å². The van der Waals surface area contributed by atoms with Gasteiger partial charge in [-0.1, -0.05) is 0 Å². The number of rotatable bonds is 11. The van der Waals surface area contributed by atoms with Gasteiger partial charge in [-0.25, -0.2) is 0 Å². The van der Waals surface area contributed by atoms with E-state index in [2.05, 4.69) is 39.0 Å². The predicted octanol–water partition coefficient (Wildman–Crippen LogP) is 5.53. The van der Waals surface area contributed by atoms with Crippen LogP contribution in [0.2, 0.25) is 13.3 Å². The molecule has 0 fully saturated rings. The molecule has 0 radical (unpaired) electrons. The molecule has 0 aromatic heterocycles. The Labute approximate surface area is 146 Å². The van der Waals surface area contributed by atoms with E-state index in [1.54, 1.807) is 0 Å². The first-order chi connectivity index (χ1) is 11.1. The molecule has 1 rings (SSSR count). The Hall–Kier alpha value is -0.511. The number of methoxy groups -OCH3 is 1. The fraction of sp³-hybridized carbons (Fsp3) is 0.650. The Morgan fingerprint density at radius 2 is 1.48 bits per heavy atom. The molecule has 0 saturated carbocycles. The van der Waals surface area contributed by atoms with E-state index in [4.69, 9.17) is 4.74 Å². The normalized spacial score (nSPS) is 11.5. The van der Waals surface area contributed by atoms with E-state index in [0.717, 1.165) is 5.56 Å². The fourth-order valence-corrected chi connectivity index (χ4v) is 19.5. The van der Waals surface area contributed by atoms with Crippen LogP contribution in [0.1, 0.15) is 69.7 Å². The molecular formula is C20H34O2Sn. The predicted molar refractivity (Wildman–Crippen MR) is 102 cm³/mol. The second-order valence-corrected chi connectivity index (χ2v) is 19.9. The molecule has 23 heavy (non-hydrogen) atoms. The van der Waals surface area contributed by atoms with Gasteiger partial charge in [0.25, 0.3) is 0 Å². The van der Waals surface area contributed by atoms with Crippen LogP contribution in [0.3, 0.4) is 0 Å². The molecular weight excluding hydrogens is 391 g/mol. The Balaban J connectivity index is 3.20. The van der Waals surface area contributed by atoms with Crippen molar-refractivity contribution >= 4 is 27.9 Å². The SMILES string of the molecule is CCC[CH2][Sn]([CH2]CCC)([CH2]CCC)[c]1cccc(C(=O)OC)c1. The number of benzene rings is 1. The number of ether oxygens (including phenoxy) is 1.